The highest BCUT2D eigenvalue weighted by atomic mass is 32.2. The average molecular weight is 414 g/mol. The van der Waals surface area contributed by atoms with E-state index in [1.165, 1.54) is 30.2 Å². The second-order valence-corrected chi connectivity index (χ2v) is 8.78. The van der Waals surface area contributed by atoms with Gasteiger partial charge < -0.3 is 10.1 Å². The number of aryl methyl sites for hydroxylation is 1. The Balaban J connectivity index is 1.80. The lowest BCUT2D eigenvalue weighted by Crippen LogP contribution is -2.31. The molecule has 0 aliphatic carbocycles. The fourth-order valence-corrected chi connectivity index (χ4v) is 4.10. The lowest BCUT2D eigenvalue weighted by atomic mass is 10.2. The number of rotatable bonds is 10. The van der Waals surface area contributed by atoms with Crippen molar-refractivity contribution >= 4 is 27.7 Å². The van der Waals surface area contributed by atoms with E-state index in [0.717, 1.165) is 0 Å². The number of aromatic amines is 1. The molecule has 0 aliphatic heterocycles. The van der Waals surface area contributed by atoms with E-state index in [4.69, 9.17) is 4.74 Å². The van der Waals surface area contributed by atoms with Crippen molar-refractivity contribution in [2.75, 3.05) is 18.9 Å². The van der Waals surface area contributed by atoms with Crippen LogP contribution < -0.4 is 14.8 Å². The van der Waals surface area contributed by atoms with Crippen LogP contribution in [0.25, 0.3) is 0 Å². The number of carbonyl (C=O) groups is 1. The highest BCUT2D eigenvalue weighted by Crippen LogP contribution is 2.22. The number of carbonyl (C=O) groups excluding carboxylic acids is 1. The number of sulfonamides is 1. The van der Waals surface area contributed by atoms with Crippen LogP contribution in [-0.4, -0.2) is 54.5 Å². The van der Waals surface area contributed by atoms with Crippen LogP contribution in [0.1, 0.15) is 19.4 Å². The lowest BCUT2D eigenvalue weighted by Gasteiger charge is -2.13. The van der Waals surface area contributed by atoms with Gasteiger partial charge in [0.15, 0.2) is 11.8 Å². The third-order valence-corrected chi connectivity index (χ3v) is 5.80. The van der Waals surface area contributed by atoms with Crippen molar-refractivity contribution in [3.8, 4) is 5.75 Å². The zero-order valence-electron chi connectivity index (χ0n) is 15.4. The summed E-state index contributed by atoms with van der Waals surface area (Å²) in [5, 5.41) is 9.89. The Kier molecular flexibility index (Phi) is 7.63. The largest absolute Gasteiger partial charge is 0.484 e. The molecule has 1 aromatic carbocycles. The van der Waals surface area contributed by atoms with Crippen LogP contribution in [0, 0.1) is 6.92 Å². The first-order valence-electron chi connectivity index (χ1n) is 8.28. The summed E-state index contributed by atoms with van der Waals surface area (Å²) in [4.78, 5) is 16.0. The molecule has 0 fully saturated rings. The molecule has 1 amide bonds. The van der Waals surface area contributed by atoms with E-state index in [-0.39, 0.29) is 23.5 Å². The Morgan fingerprint density at radius 3 is 2.78 bits per heavy atom. The lowest BCUT2D eigenvalue weighted by molar-refractivity contribution is -0.122. The van der Waals surface area contributed by atoms with Gasteiger partial charge >= 0.3 is 0 Å². The number of thioether (sulfide) groups is 1. The van der Waals surface area contributed by atoms with Gasteiger partial charge in [-0.25, -0.2) is 18.1 Å². The molecular formula is C16H23N5O4S2. The molecule has 0 saturated heterocycles. The van der Waals surface area contributed by atoms with Crippen molar-refractivity contribution in [3.63, 3.8) is 0 Å². The van der Waals surface area contributed by atoms with E-state index < -0.39 is 10.0 Å². The number of nitrogens with zero attached hydrogens (tertiary/aromatic N) is 2. The number of aromatic nitrogens is 3. The highest BCUT2D eigenvalue weighted by Gasteiger charge is 2.16. The molecule has 0 radical (unpaired) electrons. The van der Waals surface area contributed by atoms with Crippen LogP contribution in [0.4, 0.5) is 0 Å². The van der Waals surface area contributed by atoms with E-state index >= 15 is 0 Å². The smallest absolute Gasteiger partial charge is 0.257 e. The predicted octanol–water partition coefficient (Wildman–Crippen LogP) is 1.09. The number of benzene rings is 1. The topological polar surface area (TPSA) is 126 Å². The molecule has 1 heterocycles. The minimum atomic E-state index is -3.56. The summed E-state index contributed by atoms with van der Waals surface area (Å²) in [5.74, 6) is 0.852. The van der Waals surface area contributed by atoms with Gasteiger partial charge in [0.25, 0.3) is 5.91 Å². The Morgan fingerprint density at radius 2 is 2.15 bits per heavy atom. The third-order valence-electron chi connectivity index (χ3n) is 3.26. The van der Waals surface area contributed by atoms with Crippen molar-refractivity contribution in [1.29, 1.82) is 0 Å². The van der Waals surface area contributed by atoms with Crippen molar-refractivity contribution in [1.82, 2.24) is 25.2 Å². The van der Waals surface area contributed by atoms with Gasteiger partial charge in [-0.15, -0.1) is 0 Å². The molecule has 0 aliphatic rings. The first-order chi connectivity index (χ1) is 12.8. The predicted molar refractivity (Wildman–Crippen MR) is 102 cm³/mol. The normalized spacial score (nSPS) is 11.6. The third kappa shape index (κ3) is 6.85. The molecule has 0 atom stereocenters. The zero-order chi connectivity index (χ0) is 19.9. The summed E-state index contributed by atoms with van der Waals surface area (Å²) in [6.45, 7) is 5.56. The molecule has 2 rings (SSSR count). The highest BCUT2D eigenvalue weighted by molar-refractivity contribution is 7.99. The molecule has 3 N–H and O–H groups in total. The minimum absolute atomic E-state index is 0.149. The van der Waals surface area contributed by atoms with E-state index in [2.05, 4.69) is 25.2 Å². The van der Waals surface area contributed by atoms with Crippen molar-refractivity contribution in [2.45, 2.75) is 36.9 Å². The average Bonchev–Trinajstić information content (AvgIpc) is 3.10. The first-order valence-corrected chi connectivity index (χ1v) is 10.8. The maximum absolute atomic E-state index is 12.2. The number of ether oxygens (including phenoxy) is 1. The van der Waals surface area contributed by atoms with Crippen LogP contribution >= 0.6 is 11.8 Å². The van der Waals surface area contributed by atoms with Gasteiger partial charge in [-0.2, -0.15) is 5.10 Å². The van der Waals surface area contributed by atoms with Gasteiger partial charge in [0, 0.05) is 18.3 Å². The van der Waals surface area contributed by atoms with Crippen LogP contribution in [0.2, 0.25) is 0 Å². The molecule has 11 heteroatoms. The van der Waals surface area contributed by atoms with Crippen molar-refractivity contribution < 1.29 is 17.9 Å². The van der Waals surface area contributed by atoms with Gasteiger partial charge in [0.05, 0.1) is 4.90 Å². The van der Waals surface area contributed by atoms with Crippen molar-refractivity contribution in [2.24, 2.45) is 0 Å². The number of hydrogen-bond acceptors (Lipinski definition) is 7. The summed E-state index contributed by atoms with van der Waals surface area (Å²) in [6, 6.07) is 4.33. The molecule has 2 aromatic rings. The SMILES string of the molecule is Cc1cc(S(=O)(=O)NC(C)C)ccc1OCC(=O)NCCSc1ncn[nH]1. The molecule has 0 unspecified atom stereocenters. The van der Waals surface area contributed by atoms with E-state index in [9.17, 15) is 13.2 Å². The van der Waals surface area contributed by atoms with E-state index in [1.54, 1.807) is 26.8 Å². The van der Waals surface area contributed by atoms with Gasteiger partial charge in [0.2, 0.25) is 10.0 Å². The fraction of sp³-hybridized carbons (Fsp3) is 0.438. The summed E-state index contributed by atoms with van der Waals surface area (Å²) in [7, 11) is -3.56. The van der Waals surface area contributed by atoms with Gasteiger partial charge in [0.1, 0.15) is 12.1 Å². The quantitative estimate of drug-likeness (QED) is 0.393. The van der Waals surface area contributed by atoms with Gasteiger partial charge in [-0.05, 0) is 44.5 Å². The number of nitrogens with one attached hydrogen (secondary N) is 3. The summed E-state index contributed by atoms with van der Waals surface area (Å²) in [5.41, 5.74) is 0.635. The Hall–Kier alpha value is -2.11. The number of amides is 1. The molecule has 0 saturated carbocycles. The summed E-state index contributed by atoms with van der Waals surface area (Å²) in [6.07, 6.45) is 1.42. The van der Waals surface area contributed by atoms with Gasteiger partial charge in [-0.3, -0.25) is 9.89 Å². The molecule has 0 bridgehead atoms. The van der Waals surface area contributed by atoms with E-state index in [1.807, 2.05) is 0 Å². The molecule has 9 nitrogen and oxygen atoms in total. The molecule has 148 valence electrons. The zero-order valence-corrected chi connectivity index (χ0v) is 17.0. The second kappa shape index (κ2) is 9.72. The molecule has 27 heavy (non-hydrogen) atoms. The number of hydrogen-bond donors (Lipinski definition) is 3. The minimum Gasteiger partial charge on any atom is -0.484 e. The standard InChI is InChI=1S/C16H23N5O4S2/c1-11(2)21-27(23,24)13-4-5-14(12(3)8-13)25-9-15(22)17-6-7-26-16-18-10-19-20-16/h4-5,8,10-11,21H,6-7,9H2,1-3H3,(H,17,22)(H,18,19,20). The van der Waals surface area contributed by atoms with Crippen LogP contribution in [0.3, 0.4) is 0 Å². The van der Waals surface area contributed by atoms with Crippen molar-refractivity contribution in [3.05, 3.63) is 30.1 Å². The molecular weight excluding hydrogens is 390 g/mol. The van der Waals surface area contributed by atoms with Crippen LogP contribution in [0.15, 0.2) is 34.6 Å². The van der Waals surface area contributed by atoms with E-state index in [0.29, 0.717) is 28.8 Å². The van der Waals surface area contributed by atoms with Crippen LogP contribution in [0.5, 0.6) is 5.75 Å². The Bertz CT molecular complexity index is 854. The van der Waals surface area contributed by atoms with Crippen LogP contribution in [-0.2, 0) is 14.8 Å². The maximum atomic E-state index is 12.2. The molecule has 1 aromatic heterocycles. The molecule has 0 spiro atoms. The monoisotopic (exact) mass is 413 g/mol. The maximum Gasteiger partial charge on any atom is 0.257 e. The summed E-state index contributed by atoms with van der Waals surface area (Å²) < 4.78 is 32.4. The fourth-order valence-electron chi connectivity index (χ4n) is 2.13. The Morgan fingerprint density at radius 1 is 1.37 bits per heavy atom. The first kappa shape index (κ1) is 21.2. The summed E-state index contributed by atoms with van der Waals surface area (Å²) >= 11 is 1.45. The number of H-pyrrole nitrogens is 1. The second-order valence-electron chi connectivity index (χ2n) is 5.98. The Labute approximate surface area is 162 Å². The van der Waals surface area contributed by atoms with Gasteiger partial charge in [-0.1, -0.05) is 11.8 Å².